The molecule has 2 N–H and O–H groups in total. The third kappa shape index (κ3) is 5.81. The van der Waals surface area contributed by atoms with Gasteiger partial charge < -0.3 is 10.6 Å². The SMILES string of the molecule is Cc1ccc(/C=C/C(=O)NCc2cccc(NC(=O)C3CCCC3)c2)cc1. The van der Waals surface area contributed by atoms with Crippen LogP contribution in [0.15, 0.2) is 54.6 Å². The molecule has 2 amide bonds. The molecule has 0 radical (unpaired) electrons. The van der Waals surface area contributed by atoms with Crippen LogP contribution in [0.25, 0.3) is 6.08 Å². The van der Waals surface area contributed by atoms with Gasteiger partial charge in [0, 0.05) is 24.2 Å². The van der Waals surface area contributed by atoms with Gasteiger partial charge in [-0.25, -0.2) is 0 Å². The Balaban J connectivity index is 1.50. The van der Waals surface area contributed by atoms with Crippen LogP contribution in [-0.4, -0.2) is 11.8 Å². The fourth-order valence-corrected chi connectivity index (χ4v) is 3.29. The van der Waals surface area contributed by atoms with Gasteiger partial charge >= 0.3 is 0 Å². The second kappa shape index (κ2) is 9.17. The van der Waals surface area contributed by atoms with Crippen molar-refractivity contribution in [1.82, 2.24) is 5.32 Å². The number of nitrogens with one attached hydrogen (secondary N) is 2. The van der Waals surface area contributed by atoms with Crippen molar-refractivity contribution in [3.63, 3.8) is 0 Å². The molecule has 140 valence electrons. The summed E-state index contributed by atoms with van der Waals surface area (Å²) >= 11 is 0. The van der Waals surface area contributed by atoms with Crippen molar-refractivity contribution in [3.05, 3.63) is 71.3 Å². The van der Waals surface area contributed by atoms with E-state index >= 15 is 0 Å². The molecule has 4 heteroatoms. The monoisotopic (exact) mass is 362 g/mol. The molecule has 0 aliphatic heterocycles. The van der Waals surface area contributed by atoms with Crippen LogP contribution in [0.1, 0.15) is 42.4 Å². The second-order valence-corrected chi connectivity index (χ2v) is 7.13. The number of hydrogen-bond donors (Lipinski definition) is 2. The van der Waals surface area contributed by atoms with Crippen LogP contribution in [-0.2, 0) is 16.1 Å². The van der Waals surface area contributed by atoms with Crippen molar-refractivity contribution in [2.75, 3.05) is 5.32 Å². The Morgan fingerprint density at radius 3 is 2.56 bits per heavy atom. The lowest BCUT2D eigenvalue weighted by Crippen LogP contribution is -2.21. The minimum atomic E-state index is -0.143. The van der Waals surface area contributed by atoms with Crippen molar-refractivity contribution in [3.8, 4) is 0 Å². The zero-order valence-corrected chi connectivity index (χ0v) is 15.7. The van der Waals surface area contributed by atoms with Gasteiger partial charge in [-0.15, -0.1) is 0 Å². The van der Waals surface area contributed by atoms with Crippen LogP contribution in [0.3, 0.4) is 0 Å². The molecule has 0 heterocycles. The molecule has 1 aliphatic rings. The molecule has 2 aromatic carbocycles. The molecule has 27 heavy (non-hydrogen) atoms. The van der Waals surface area contributed by atoms with E-state index in [1.807, 2.05) is 55.5 Å². The summed E-state index contributed by atoms with van der Waals surface area (Å²) in [6.07, 6.45) is 7.58. The highest BCUT2D eigenvalue weighted by atomic mass is 16.2. The van der Waals surface area contributed by atoms with Gasteiger partial charge in [0.15, 0.2) is 0 Å². The van der Waals surface area contributed by atoms with Crippen LogP contribution in [0.2, 0.25) is 0 Å². The van der Waals surface area contributed by atoms with Crippen LogP contribution in [0.4, 0.5) is 5.69 Å². The topological polar surface area (TPSA) is 58.2 Å². The Labute approximate surface area is 160 Å². The van der Waals surface area contributed by atoms with Crippen molar-refractivity contribution in [2.24, 2.45) is 5.92 Å². The third-order valence-electron chi connectivity index (χ3n) is 4.89. The molecule has 0 unspecified atom stereocenters. The molecular formula is C23H26N2O2. The zero-order valence-electron chi connectivity index (χ0n) is 15.7. The first-order valence-electron chi connectivity index (χ1n) is 9.52. The Morgan fingerprint density at radius 2 is 1.81 bits per heavy atom. The molecule has 4 nitrogen and oxygen atoms in total. The van der Waals surface area contributed by atoms with Gasteiger partial charge in [-0.2, -0.15) is 0 Å². The summed E-state index contributed by atoms with van der Waals surface area (Å²) < 4.78 is 0. The summed E-state index contributed by atoms with van der Waals surface area (Å²) in [4.78, 5) is 24.3. The van der Waals surface area contributed by atoms with Crippen LogP contribution in [0, 0.1) is 12.8 Å². The Kier molecular flexibility index (Phi) is 6.42. The highest BCUT2D eigenvalue weighted by molar-refractivity contribution is 5.93. The van der Waals surface area contributed by atoms with Gasteiger partial charge in [0.1, 0.15) is 0 Å². The van der Waals surface area contributed by atoms with E-state index in [-0.39, 0.29) is 17.7 Å². The van der Waals surface area contributed by atoms with Crippen molar-refractivity contribution >= 4 is 23.6 Å². The lowest BCUT2D eigenvalue weighted by atomic mass is 10.1. The maximum absolute atomic E-state index is 12.2. The lowest BCUT2D eigenvalue weighted by molar-refractivity contribution is -0.119. The molecule has 0 atom stereocenters. The van der Waals surface area contributed by atoms with Crippen LogP contribution < -0.4 is 10.6 Å². The predicted molar refractivity (Wildman–Crippen MR) is 109 cm³/mol. The van der Waals surface area contributed by atoms with Crippen molar-refractivity contribution in [1.29, 1.82) is 0 Å². The standard InChI is InChI=1S/C23H26N2O2/c1-17-9-11-18(12-10-17)13-14-22(26)24-16-19-5-4-8-21(15-19)25-23(27)20-6-2-3-7-20/h4-5,8-15,20H,2-3,6-7,16H2,1H3,(H,24,26)(H,25,27)/b14-13+. The number of anilines is 1. The molecule has 0 aromatic heterocycles. The van der Waals surface area contributed by atoms with Crippen molar-refractivity contribution < 1.29 is 9.59 Å². The number of carbonyl (C=O) groups is 2. The minimum Gasteiger partial charge on any atom is -0.348 e. The quantitative estimate of drug-likeness (QED) is 0.746. The van der Waals surface area contributed by atoms with Gasteiger partial charge in [-0.05, 0) is 49.1 Å². The first kappa shape index (κ1) is 18.9. The summed E-state index contributed by atoms with van der Waals surface area (Å²) in [6, 6.07) is 15.6. The predicted octanol–water partition coefficient (Wildman–Crippen LogP) is 4.45. The molecule has 1 aliphatic carbocycles. The van der Waals surface area contributed by atoms with E-state index < -0.39 is 0 Å². The Hall–Kier alpha value is -2.88. The van der Waals surface area contributed by atoms with Crippen LogP contribution >= 0.6 is 0 Å². The molecule has 1 saturated carbocycles. The fraction of sp³-hybridized carbons (Fsp3) is 0.304. The molecule has 1 fully saturated rings. The van der Waals surface area contributed by atoms with E-state index in [0.717, 1.165) is 42.5 Å². The van der Waals surface area contributed by atoms with Gasteiger partial charge in [0.2, 0.25) is 11.8 Å². The average Bonchev–Trinajstić information content (AvgIpc) is 3.21. The second-order valence-electron chi connectivity index (χ2n) is 7.13. The van der Waals surface area contributed by atoms with E-state index in [1.165, 1.54) is 11.6 Å². The number of rotatable bonds is 6. The van der Waals surface area contributed by atoms with E-state index in [4.69, 9.17) is 0 Å². The minimum absolute atomic E-state index is 0.106. The summed E-state index contributed by atoms with van der Waals surface area (Å²) in [7, 11) is 0. The third-order valence-corrected chi connectivity index (χ3v) is 4.89. The summed E-state index contributed by atoms with van der Waals surface area (Å²) in [6.45, 7) is 2.45. The molecule has 0 spiro atoms. The van der Waals surface area contributed by atoms with Crippen molar-refractivity contribution in [2.45, 2.75) is 39.2 Å². The van der Waals surface area contributed by atoms with E-state index in [9.17, 15) is 9.59 Å². The number of carbonyl (C=O) groups excluding carboxylic acids is 2. The summed E-state index contributed by atoms with van der Waals surface area (Å²) in [5.74, 6) is 0.103. The highest BCUT2D eigenvalue weighted by Crippen LogP contribution is 2.26. The van der Waals surface area contributed by atoms with Gasteiger partial charge in [-0.3, -0.25) is 9.59 Å². The largest absolute Gasteiger partial charge is 0.348 e. The molecule has 2 aromatic rings. The smallest absolute Gasteiger partial charge is 0.244 e. The Bertz CT molecular complexity index is 819. The summed E-state index contributed by atoms with van der Waals surface area (Å²) in [5, 5.41) is 5.88. The zero-order chi connectivity index (χ0) is 19.1. The normalized spacial score (nSPS) is 14.4. The molecule has 0 saturated heterocycles. The Morgan fingerprint density at radius 1 is 1.07 bits per heavy atom. The van der Waals surface area contributed by atoms with E-state index in [2.05, 4.69) is 10.6 Å². The number of amides is 2. The number of benzene rings is 2. The summed E-state index contributed by atoms with van der Waals surface area (Å²) in [5.41, 5.74) is 3.93. The fourth-order valence-electron chi connectivity index (χ4n) is 3.29. The van der Waals surface area contributed by atoms with Gasteiger partial charge in [0.25, 0.3) is 0 Å². The first-order valence-corrected chi connectivity index (χ1v) is 9.52. The molecule has 3 rings (SSSR count). The van der Waals surface area contributed by atoms with Crippen LogP contribution in [0.5, 0.6) is 0 Å². The first-order chi connectivity index (χ1) is 13.1. The average molecular weight is 362 g/mol. The maximum atomic E-state index is 12.2. The maximum Gasteiger partial charge on any atom is 0.244 e. The number of hydrogen-bond acceptors (Lipinski definition) is 2. The number of aryl methyl sites for hydroxylation is 1. The highest BCUT2D eigenvalue weighted by Gasteiger charge is 2.22. The lowest BCUT2D eigenvalue weighted by Gasteiger charge is -2.11. The van der Waals surface area contributed by atoms with E-state index in [0.29, 0.717) is 6.54 Å². The van der Waals surface area contributed by atoms with E-state index in [1.54, 1.807) is 6.08 Å². The van der Waals surface area contributed by atoms with Gasteiger partial charge in [0.05, 0.1) is 0 Å². The molecular weight excluding hydrogens is 336 g/mol. The van der Waals surface area contributed by atoms with Gasteiger partial charge in [-0.1, -0.05) is 54.8 Å². The molecule has 0 bridgehead atoms.